The minimum absolute atomic E-state index is 0.00699. The van der Waals surface area contributed by atoms with Crippen LogP contribution in [0.25, 0.3) is 22.3 Å². The number of benzene rings is 3. The molecule has 3 fully saturated rings. The molecule has 35 nitrogen and oxygen atoms in total. The quantitative estimate of drug-likeness (QED) is 0.0164. The van der Waals surface area contributed by atoms with E-state index >= 15 is 9.13 Å². The molecule has 0 bridgehead atoms. The summed E-state index contributed by atoms with van der Waals surface area (Å²) in [6, 6.07) is 29.9. The highest BCUT2D eigenvalue weighted by Crippen LogP contribution is 2.58. The van der Waals surface area contributed by atoms with Crippen molar-refractivity contribution in [1.29, 1.82) is 15.8 Å². The Morgan fingerprint density at radius 1 is 0.625 bits per heavy atom. The second-order valence-electron chi connectivity index (χ2n) is 24.7. The predicted molar refractivity (Wildman–Crippen MR) is 372 cm³/mol. The lowest BCUT2D eigenvalue weighted by Crippen LogP contribution is -2.38. The van der Waals surface area contributed by atoms with E-state index in [1.165, 1.54) is 36.7 Å². The van der Waals surface area contributed by atoms with Crippen molar-refractivity contribution in [2.24, 2.45) is 0 Å². The lowest BCUT2D eigenvalue weighted by atomic mass is 9.80. The van der Waals surface area contributed by atoms with Gasteiger partial charge in [0.15, 0.2) is 22.6 Å². The first-order chi connectivity index (χ1) is 50.1. The summed E-state index contributed by atoms with van der Waals surface area (Å²) >= 11 is 0. The maximum absolute atomic E-state index is 15.8. The fraction of sp³-hybridized carbons (Fsp3) is 0.470. The molecule has 0 saturated carbocycles. The van der Waals surface area contributed by atoms with Crippen molar-refractivity contribution in [1.82, 2.24) is 53.3 Å². The van der Waals surface area contributed by atoms with Crippen LogP contribution in [-0.2, 0) is 69.9 Å². The van der Waals surface area contributed by atoms with Crippen LogP contribution in [-0.4, -0.2) is 156 Å². The van der Waals surface area contributed by atoms with Crippen molar-refractivity contribution in [3.63, 3.8) is 0 Å². The standard InChI is InChI=1S/C66H79N16O19P3/c1-40(2)82(41(3)4)102(91-27-11-24-67)99-48-30-55(81-39-75-58-61(81)76-64(71)77-63(58)84)97-52(48)35-94-103(86,92-28-12-25-68)101-50-31-54(79-33-42(5)62(83)78-65(79)85)98-53(50)36-95-104(87,93-29-13-26-69)100-49-32-56(80-38-74-57-59(70)72-37-73-60(57)80)96-51(49)34-90-66(43-14-9-8-10-15-43,44-16-20-46(88-6)21-17-44)45-18-22-47(89-7)23-19-45/h8-10,14-23,33,37-41,48-56H,11-13,27-32,34-36H2,1-7H3,(H2,70,72,73)(H,78,83,85)(H3,71,76,77,84)/t48-,49-,50-,51+,52+,53+,54+,55+,56+,102?,103?,104?/m0/s1. The van der Waals surface area contributed by atoms with Gasteiger partial charge in [0.1, 0.15) is 78.1 Å². The van der Waals surface area contributed by atoms with E-state index in [1.54, 1.807) is 43.1 Å². The molecule has 0 amide bonds. The van der Waals surface area contributed by atoms with E-state index in [0.29, 0.717) is 33.8 Å². The smallest absolute Gasteiger partial charge is 0.475 e. The largest absolute Gasteiger partial charge is 0.497 e. The Morgan fingerprint density at radius 3 is 1.67 bits per heavy atom. The number of hydrogen-bond acceptors (Lipinski definition) is 30. The normalized spacial score (nSPS) is 22.0. The van der Waals surface area contributed by atoms with Crippen molar-refractivity contribution in [3.8, 4) is 29.7 Å². The first-order valence-electron chi connectivity index (χ1n) is 33.2. The zero-order chi connectivity index (χ0) is 73.9. The Labute approximate surface area is 597 Å². The second kappa shape index (κ2) is 34.0. The number of anilines is 2. The molecule has 8 aromatic rings. The number of nitrogens with two attached hydrogens (primary N) is 2. The number of hydrogen-bond donors (Lipinski definition) is 4. The average molecular weight is 1490 g/mol. The first kappa shape index (κ1) is 76.4. The number of nitriles is 3. The molecule has 38 heteroatoms. The number of phosphoric ester groups is 2. The van der Waals surface area contributed by atoms with Gasteiger partial charge in [-0.05, 0) is 75.6 Å². The fourth-order valence-electron chi connectivity index (χ4n) is 12.4. The van der Waals surface area contributed by atoms with Crippen LogP contribution in [0.4, 0.5) is 11.8 Å². The zero-order valence-corrected chi connectivity index (χ0v) is 60.5. The summed E-state index contributed by atoms with van der Waals surface area (Å²) in [7, 11) is -8.93. The number of nitrogens with one attached hydrogen (secondary N) is 2. The van der Waals surface area contributed by atoms with Crippen molar-refractivity contribution >= 4 is 58.3 Å². The molecule has 3 unspecified atom stereocenters. The van der Waals surface area contributed by atoms with Crippen LogP contribution in [0, 0.1) is 40.9 Å². The van der Waals surface area contributed by atoms with Crippen molar-refractivity contribution < 1.29 is 73.7 Å². The molecule has 3 aliphatic rings. The number of H-pyrrole nitrogens is 2. The summed E-state index contributed by atoms with van der Waals surface area (Å²) in [5, 5.41) is 29.1. The van der Waals surface area contributed by atoms with Crippen molar-refractivity contribution in [2.75, 3.05) is 65.3 Å². The highest BCUT2D eigenvalue weighted by Gasteiger charge is 2.50. The average Bonchev–Trinajstić information content (AvgIpc) is 0.900. The number of aryl methyl sites for hydroxylation is 1. The molecule has 6 N–H and O–H groups in total. The van der Waals surface area contributed by atoms with Gasteiger partial charge >= 0.3 is 21.3 Å². The number of ether oxygens (including phenoxy) is 6. The van der Waals surface area contributed by atoms with Crippen LogP contribution in [0.5, 0.6) is 11.5 Å². The van der Waals surface area contributed by atoms with Gasteiger partial charge < -0.3 is 48.9 Å². The second-order valence-corrected chi connectivity index (χ2v) is 29.3. The van der Waals surface area contributed by atoms with E-state index in [9.17, 15) is 30.2 Å². The predicted octanol–water partition coefficient (Wildman–Crippen LogP) is 8.41. The molecule has 0 radical (unpaired) electrons. The Morgan fingerprint density at radius 2 is 1.12 bits per heavy atom. The number of imidazole rings is 2. The molecular formula is C66H79N16O19P3. The number of aromatic nitrogens is 10. The van der Waals surface area contributed by atoms with Crippen LogP contribution in [0.1, 0.15) is 107 Å². The van der Waals surface area contributed by atoms with Crippen LogP contribution in [0.3, 0.4) is 0 Å². The lowest BCUT2D eigenvalue weighted by molar-refractivity contribution is -0.0949. The number of nitrogens with zero attached hydrogens (tertiary/aromatic N) is 12. The number of methoxy groups -OCH3 is 2. The van der Waals surface area contributed by atoms with Crippen LogP contribution < -0.4 is 37.7 Å². The van der Waals surface area contributed by atoms with Gasteiger partial charge in [-0.15, -0.1) is 0 Å². The summed E-state index contributed by atoms with van der Waals surface area (Å²) in [5.41, 5.74) is 11.4. The van der Waals surface area contributed by atoms with Gasteiger partial charge in [-0.25, -0.2) is 38.5 Å². The Balaban J connectivity index is 0.926. The van der Waals surface area contributed by atoms with Gasteiger partial charge in [0.25, 0.3) is 19.6 Å². The molecule has 104 heavy (non-hydrogen) atoms. The number of fused-ring (bicyclic) bond motifs is 2. The van der Waals surface area contributed by atoms with Crippen molar-refractivity contribution in [2.45, 2.75) is 146 Å². The van der Waals surface area contributed by atoms with Crippen LogP contribution >= 0.6 is 24.2 Å². The molecule has 8 heterocycles. The molecule has 11 rings (SSSR count). The van der Waals surface area contributed by atoms with Crippen molar-refractivity contribution in [3.05, 3.63) is 157 Å². The van der Waals surface area contributed by atoms with E-state index in [-0.39, 0.29) is 97.8 Å². The van der Waals surface area contributed by atoms with Gasteiger partial charge in [0, 0.05) is 43.1 Å². The summed E-state index contributed by atoms with van der Waals surface area (Å²) in [4.78, 5) is 65.8. The van der Waals surface area contributed by atoms with Gasteiger partial charge in [0.05, 0.1) is 110 Å². The maximum atomic E-state index is 15.8. The Hall–Kier alpha value is -8.72. The third-order valence-corrected chi connectivity index (χ3v) is 22.4. The van der Waals surface area contributed by atoms with Gasteiger partial charge in [-0.2, -0.15) is 20.8 Å². The first-order valence-corrected chi connectivity index (χ1v) is 37.2. The molecule has 3 saturated heterocycles. The highest BCUT2D eigenvalue weighted by atomic mass is 31.2. The lowest BCUT2D eigenvalue weighted by Gasteiger charge is -2.37. The Bertz CT molecular complexity index is 4620. The number of rotatable bonds is 35. The fourth-order valence-corrected chi connectivity index (χ4v) is 16.9. The van der Waals surface area contributed by atoms with Gasteiger partial charge in [-0.3, -0.25) is 60.4 Å². The zero-order valence-electron chi connectivity index (χ0n) is 57.8. The number of nitrogen functional groups attached to an aromatic ring is 2. The molecule has 12 atom stereocenters. The minimum atomic E-state index is -5.04. The molecule has 3 aliphatic heterocycles. The van der Waals surface area contributed by atoms with E-state index in [0.717, 1.165) is 4.57 Å². The molecule has 552 valence electrons. The summed E-state index contributed by atoms with van der Waals surface area (Å²) in [5.74, 6) is 1.06. The molecule has 3 aromatic carbocycles. The van der Waals surface area contributed by atoms with E-state index in [1.807, 2.05) is 99.1 Å². The SMILES string of the molecule is COc1ccc(C(OC[C@H]2O[C@@H](n3cnc4c(N)ncnc43)C[C@@H]2OP(=O)(OCCC#N)OC[C@H]2O[C@@H](n3cc(C)c(=O)[nH]c3=O)C[C@@H]2OP(=O)(OCCC#N)OC[C@H]2O[C@@H](n3cnc4c(=O)[nH]c(N)nc43)C[C@@H]2OP(OCCC#N)N(C(C)C)C(C)C)(c2ccccc2)c2ccc(OC)cc2)cc1. The summed E-state index contributed by atoms with van der Waals surface area (Å²) in [6.07, 6.45) is -6.56. The third kappa shape index (κ3) is 17.3. The maximum Gasteiger partial charge on any atom is 0.475 e. The van der Waals surface area contributed by atoms with Crippen LogP contribution in [0.15, 0.2) is 118 Å². The van der Waals surface area contributed by atoms with Crippen LogP contribution in [0.2, 0.25) is 0 Å². The molecule has 5 aromatic heterocycles. The minimum Gasteiger partial charge on any atom is -0.497 e. The molecular weight excluding hydrogens is 1410 g/mol. The Kier molecular flexibility index (Phi) is 25.0. The van der Waals surface area contributed by atoms with E-state index in [2.05, 4.69) is 41.0 Å². The van der Waals surface area contributed by atoms with Gasteiger partial charge in [0.2, 0.25) is 5.95 Å². The van der Waals surface area contributed by atoms with Gasteiger partial charge in [-0.1, -0.05) is 54.6 Å². The molecule has 0 aliphatic carbocycles. The summed E-state index contributed by atoms with van der Waals surface area (Å²) < 4.78 is 127. The summed E-state index contributed by atoms with van der Waals surface area (Å²) in [6.45, 7) is 6.55. The van der Waals surface area contributed by atoms with E-state index < -0.39 is 128 Å². The third-order valence-electron chi connectivity index (χ3n) is 17.2. The number of phosphoric acid groups is 2. The molecule has 0 spiro atoms. The topological polar surface area (TPSA) is 452 Å². The van der Waals surface area contributed by atoms with E-state index in [4.69, 9.17) is 76.1 Å². The highest BCUT2D eigenvalue weighted by molar-refractivity contribution is 7.48. The monoisotopic (exact) mass is 1490 g/mol. The number of aromatic amines is 2.